The molecule has 4 aromatic rings. The molecule has 0 spiro atoms. The lowest BCUT2D eigenvalue weighted by Gasteiger charge is -2.02. The highest BCUT2D eigenvalue weighted by molar-refractivity contribution is 6.45. The SMILES string of the molecule is C/C(=N/N)C(=O)c1ccc(Cl)cc1.C/C(Cc1ccccc1F)=N/N=C(/C)C(=O)c1ccc(Cl)cc1.CC(=O)Cc1ccccc1F. The van der Waals surface area contributed by atoms with E-state index >= 15 is 0 Å². The van der Waals surface area contributed by atoms with Crippen LogP contribution in [0.15, 0.2) is 112 Å². The van der Waals surface area contributed by atoms with Crippen molar-refractivity contribution in [2.75, 3.05) is 0 Å². The molecule has 0 heterocycles. The number of benzene rings is 4. The number of halogens is 4. The smallest absolute Gasteiger partial charge is 0.208 e. The van der Waals surface area contributed by atoms with Gasteiger partial charge in [0.25, 0.3) is 0 Å². The lowest BCUT2D eigenvalue weighted by molar-refractivity contribution is -0.116. The molecule has 0 amide bonds. The van der Waals surface area contributed by atoms with Gasteiger partial charge < -0.3 is 5.84 Å². The first-order chi connectivity index (χ1) is 22.3. The number of carbonyl (C=O) groups is 3. The number of carbonyl (C=O) groups excluding carboxylic acids is 3. The number of ketones is 3. The number of nitrogens with two attached hydrogens (primary N) is 1. The quantitative estimate of drug-likeness (QED) is 0.0826. The standard InChI is InChI=1S/C18H16ClFN2O.C9H9ClN2O.C9H9FO/c1-12(11-15-5-3-4-6-17(15)20)21-22-13(2)18(23)14-7-9-16(19)10-8-14;1-6(12-11)9(13)7-2-4-8(10)5-3-7;1-7(11)6-8-4-2-3-5-9(8)10/h3-10H,11H2,1-2H3;2-5H,11H2,1H3;2-5H,6H2,1H3/b21-12-,22-13-;12-6-;. The molecule has 11 heteroatoms. The van der Waals surface area contributed by atoms with Crippen molar-refractivity contribution in [2.45, 2.75) is 40.5 Å². The minimum atomic E-state index is -0.303. The average Bonchev–Trinajstić information content (AvgIpc) is 3.06. The highest BCUT2D eigenvalue weighted by Gasteiger charge is 2.10. The minimum absolute atomic E-state index is 0.0184. The van der Waals surface area contributed by atoms with E-state index in [1.54, 1.807) is 106 Å². The van der Waals surface area contributed by atoms with Gasteiger partial charge in [-0.25, -0.2) is 8.78 Å². The topological polar surface area (TPSA) is 114 Å². The first-order valence-electron chi connectivity index (χ1n) is 14.2. The van der Waals surface area contributed by atoms with E-state index in [-0.39, 0.29) is 46.8 Å². The molecule has 0 fully saturated rings. The zero-order valence-corrected chi connectivity index (χ0v) is 27.8. The molecule has 244 valence electrons. The number of hydrazone groups is 1. The molecule has 2 N–H and O–H groups in total. The Bertz CT molecular complexity index is 1770. The summed E-state index contributed by atoms with van der Waals surface area (Å²) >= 11 is 11.5. The Morgan fingerprint density at radius 3 is 1.40 bits per heavy atom. The predicted octanol–water partition coefficient (Wildman–Crippen LogP) is 8.56. The fourth-order valence-corrected chi connectivity index (χ4v) is 4.00. The predicted molar refractivity (Wildman–Crippen MR) is 186 cm³/mol. The van der Waals surface area contributed by atoms with Crippen LogP contribution in [-0.2, 0) is 17.6 Å². The largest absolute Gasteiger partial charge is 0.323 e. The van der Waals surface area contributed by atoms with E-state index in [2.05, 4.69) is 15.3 Å². The van der Waals surface area contributed by atoms with E-state index in [1.807, 2.05) is 0 Å². The van der Waals surface area contributed by atoms with Crippen molar-refractivity contribution in [1.29, 1.82) is 0 Å². The third kappa shape index (κ3) is 13.6. The first kappa shape index (κ1) is 38.3. The second kappa shape index (κ2) is 19.6. The maximum atomic E-state index is 13.6. The van der Waals surface area contributed by atoms with E-state index in [1.165, 1.54) is 19.1 Å². The second-order valence-electron chi connectivity index (χ2n) is 10.1. The molecule has 0 unspecified atom stereocenters. The monoisotopic (exact) mass is 678 g/mol. The van der Waals surface area contributed by atoms with Gasteiger partial charge in [0.2, 0.25) is 11.6 Å². The third-order valence-electron chi connectivity index (χ3n) is 6.24. The van der Waals surface area contributed by atoms with E-state index in [4.69, 9.17) is 29.0 Å². The highest BCUT2D eigenvalue weighted by atomic mass is 35.5. The number of hydrogen-bond acceptors (Lipinski definition) is 7. The Hall–Kier alpha value is -4.86. The number of Topliss-reactive ketones (excluding diaryl/α,β-unsaturated/α-hetero) is 3. The van der Waals surface area contributed by atoms with Crippen LogP contribution in [0.2, 0.25) is 10.0 Å². The molecule has 0 radical (unpaired) electrons. The Morgan fingerprint density at radius 2 is 1.00 bits per heavy atom. The van der Waals surface area contributed by atoms with Crippen molar-refractivity contribution in [3.05, 3.63) is 141 Å². The van der Waals surface area contributed by atoms with Crippen molar-refractivity contribution in [1.82, 2.24) is 0 Å². The van der Waals surface area contributed by atoms with Crippen molar-refractivity contribution in [3.8, 4) is 0 Å². The van der Waals surface area contributed by atoms with Gasteiger partial charge in [-0.3, -0.25) is 14.4 Å². The Labute approximate surface area is 282 Å². The minimum Gasteiger partial charge on any atom is -0.323 e. The van der Waals surface area contributed by atoms with Crippen molar-refractivity contribution >= 4 is 57.7 Å². The van der Waals surface area contributed by atoms with Crippen molar-refractivity contribution in [2.24, 2.45) is 21.1 Å². The van der Waals surface area contributed by atoms with Crippen LogP contribution >= 0.6 is 23.2 Å². The van der Waals surface area contributed by atoms with Gasteiger partial charge in [-0.05, 0) is 99.5 Å². The van der Waals surface area contributed by atoms with Gasteiger partial charge >= 0.3 is 0 Å². The molecule has 0 aliphatic carbocycles. The number of hydrogen-bond donors (Lipinski definition) is 1. The summed E-state index contributed by atoms with van der Waals surface area (Å²) in [6.07, 6.45) is 0.533. The number of nitrogens with zero attached hydrogens (tertiary/aromatic N) is 3. The lowest BCUT2D eigenvalue weighted by atomic mass is 10.1. The van der Waals surface area contributed by atoms with Crippen LogP contribution in [0.1, 0.15) is 59.5 Å². The Balaban J connectivity index is 0.000000270. The fourth-order valence-electron chi connectivity index (χ4n) is 3.75. The van der Waals surface area contributed by atoms with E-state index in [9.17, 15) is 23.2 Å². The molecular weight excluding hydrogens is 645 g/mol. The Kier molecular flexibility index (Phi) is 16.0. The molecule has 4 aromatic carbocycles. The van der Waals surface area contributed by atoms with Crippen LogP contribution < -0.4 is 5.84 Å². The molecule has 0 aliphatic rings. The van der Waals surface area contributed by atoms with Gasteiger partial charge in [-0.15, -0.1) is 0 Å². The van der Waals surface area contributed by atoms with Crippen LogP contribution in [0, 0.1) is 11.6 Å². The zero-order chi connectivity index (χ0) is 34.9. The first-order valence-corrected chi connectivity index (χ1v) is 15.0. The number of rotatable bonds is 9. The summed E-state index contributed by atoms with van der Waals surface area (Å²) in [6.45, 7) is 6.36. The van der Waals surface area contributed by atoms with Gasteiger partial charge in [-0.2, -0.15) is 15.3 Å². The summed E-state index contributed by atoms with van der Waals surface area (Å²) in [5, 5.41) is 12.4. The van der Waals surface area contributed by atoms with E-state index in [0.717, 1.165) is 0 Å². The molecule has 4 rings (SSSR count). The molecule has 0 bridgehead atoms. The van der Waals surface area contributed by atoms with Crippen LogP contribution in [0.3, 0.4) is 0 Å². The molecule has 0 aromatic heterocycles. The third-order valence-corrected chi connectivity index (χ3v) is 6.74. The van der Waals surface area contributed by atoms with Gasteiger partial charge in [0.1, 0.15) is 28.8 Å². The van der Waals surface area contributed by atoms with Crippen LogP contribution in [0.5, 0.6) is 0 Å². The summed E-state index contributed by atoms with van der Waals surface area (Å²) in [5.41, 5.74) is 3.22. The second-order valence-corrected chi connectivity index (χ2v) is 11.0. The van der Waals surface area contributed by atoms with Gasteiger partial charge in [0.15, 0.2) is 0 Å². The van der Waals surface area contributed by atoms with Gasteiger partial charge in [0.05, 0.1) is 0 Å². The summed E-state index contributed by atoms with van der Waals surface area (Å²) < 4.78 is 26.4. The summed E-state index contributed by atoms with van der Waals surface area (Å²) in [5.74, 6) is 3.98. The normalized spacial score (nSPS) is 11.4. The fraction of sp³-hybridized carbons (Fsp3) is 0.167. The van der Waals surface area contributed by atoms with Crippen LogP contribution in [0.25, 0.3) is 0 Å². The van der Waals surface area contributed by atoms with Gasteiger partial charge in [0, 0.05) is 39.7 Å². The molecule has 47 heavy (non-hydrogen) atoms. The average molecular weight is 680 g/mol. The molecule has 0 aliphatic heterocycles. The van der Waals surface area contributed by atoms with Crippen LogP contribution in [0.4, 0.5) is 8.78 Å². The highest BCUT2D eigenvalue weighted by Crippen LogP contribution is 2.12. The lowest BCUT2D eigenvalue weighted by Crippen LogP contribution is -2.12. The van der Waals surface area contributed by atoms with Crippen LogP contribution in [-0.4, -0.2) is 34.5 Å². The zero-order valence-electron chi connectivity index (χ0n) is 26.3. The maximum Gasteiger partial charge on any atom is 0.208 e. The molecular formula is C36H34Cl2F2N4O3. The molecule has 7 nitrogen and oxygen atoms in total. The molecule has 0 saturated heterocycles. The van der Waals surface area contributed by atoms with Crippen molar-refractivity contribution in [3.63, 3.8) is 0 Å². The van der Waals surface area contributed by atoms with Crippen molar-refractivity contribution < 1.29 is 23.2 Å². The van der Waals surface area contributed by atoms with E-state index in [0.29, 0.717) is 44.4 Å². The van der Waals surface area contributed by atoms with Gasteiger partial charge in [-0.1, -0.05) is 59.6 Å². The maximum absolute atomic E-state index is 13.6. The van der Waals surface area contributed by atoms with E-state index < -0.39 is 0 Å². The summed E-state index contributed by atoms with van der Waals surface area (Å²) in [4.78, 5) is 34.2. The summed E-state index contributed by atoms with van der Waals surface area (Å²) in [6, 6.07) is 26.0. The molecule has 0 saturated carbocycles. The molecule has 0 atom stereocenters. The summed E-state index contributed by atoms with van der Waals surface area (Å²) in [7, 11) is 0. The Morgan fingerprint density at radius 1 is 0.596 bits per heavy atom.